The summed E-state index contributed by atoms with van der Waals surface area (Å²) < 4.78 is 5.52. The van der Waals surface area contributed by atoms with Gasteiger partial charge in [-0.25, -0.2) is 0 Å². The highest BCUT2D eigenvalue weighted by atomic mass is 16.5. The van der Waals surface area contributed by atoms with Crippen LogP contribution >= 0.6 is 0 Å². The van der Waals surface area contributed by atoms with Crippen LogP contribution in [0.25, 0.3) is 0 Å². The molecule has 0 N–H and O–H groups in total. The maximum atomic E-state index is 5.52. The molecule has 72 valence electrons. The lowest BCUT2D eigenvalue weighted by atomic mass is 9.69. The number of hydrogen-bond donors (Lipinski definition) is 0. The van der Waals surface area contributed by atoms with Crippen molar-refractivity contribution in [3.8, 4) is 0 Å². The third kappa shape index (κ3) is 2.46. The van der Waals surface area contributed by atoms with Crippen molar-refractivity contribution < 1.29 is 4.74 Å². The maximum absolute atomic E-state index is 5.52. The van der Waals surface area contributed by atoms with Gasteiger partial charge in [-0.1, -0.05) is 6.42 Å². The van der Waals surface area contributed by atoms with E-state index >= 15 is 0 Å². The average Bonchev–Trinajstić information content (AvgIpc) is 1.94. The SMILES string of the molecule is CCOCC1(CN(C)C)CCC1. The largest absolute Gasteiger partial charge is 0.381 e. The maximum Gasteiger partial charge on any atom is 0.0534 e. The fourth-order valence-electron chi connectivity index (χ4n) is 2.01. The zero-order valence-electron chi connectivity index (χ0n) is 8.60. The highest BCUT2D eigenvalue weighted by Crippen LogP contribution is 2.41. The molecule has 1 fully saturated rings. The molecule has 0 aromatic carbocycles. The highest BCUT2D eigenvalue weighted by molar-refractivity contribution is 4.89. The second-order valence-corrected chi connectivity index (χ2v) is 4.23. The van der Waals surface area contributed by atoms with Crippen LogP contribution in [0.5, 0.6) is 0 Å². The first-order chi connectivity index (χ1) is 5.68. The van der Waals surface area contributed by atoms with Crippen molar-refractivity contribution in [3.05, 3.63) is 0 Å². The van der Waals surface area contributed by atoms with Gasteiger partial charge in [0.2, 0.25) is 0 Å². The summed E-state index contributed by atoms with van der Waals surface area (Å²) in [6.45, 7) is 5.08. The van der Waals surface area contributed by atoms with Crippen LogP contribution in [-0.4, -0.2) is 38.8 Å². The van der Waals surface area contributed by atoms with Gasteiger partial charge in [0.1, 0.15) is 0 Å². The molecule has 0 spiro atoms. The summed E-state index contributed by atoms with van der Waals surface area (Å²) in [6, 6.07) is 0. The highest BCUT2D eigenvalue weighted by Gasteiger charge is 2.37. The van der Waals surface area contributed by atoms with Gasteiger partial charge in [0, 0.05) is 18.6 Å². The topological polar surface area (TPSA) is 12.5 Å². The van der Waals surface area contributed by atoms with Crippen molar-refractivity contribution >= 4 is 0 Å². The summed E-state index contributed by atoms with van der Waals surface area (Å²) in [5.74, 6) is 0. The Labute approximate surface area is 75.9 Å². The second kappa shape index (κ2) is 4.24. The number of nitrogens with zero attached hydrogens (tertiary/aromatic N) is 1. The van der Waals surface area contributed by atoms with E-state index < -0.39 is 0 Å². The van der Waals surface area contributed by atoms with Crippen LogP contribution in [0.15, 0.2) is 0 Å². The van der Waals surface area contributed by atoms with Crippen LogP contribution in [0.2, 0.25) is 0 Å². The van der Waals surface area contributed by atoms with Crippen molar-refractivity contribution in [2.24, 2.45) is 5.41 Å². The van der Waals surface area contributed by atoms with Crippen LogP contribution < -0.4 is 0 Å². The van der Waals surface area contributed by atoms with Gasteiger partial charge in [-0.05, 0) is 33.9 Å². The Morgan fingerprint density at radius 3 is 2.33 bits per heavy atom. The zero-order valence-corrected chi connectivity index (χ0v) is 8.60. The lowest BCUT2D eigenvalue weighted by Crippen LogP contribution is -2.43. The molecule has 0 bridgehead atoms. The Morgan fingerprint density at radius 1 is 1.33 bits per heavy atom. The van der Waals surface area contributed by atoms with E-state index in [-0.39, 0.29) is 0 Å². The molecule has 1 aliphatic rings. The fraction of sp³-hybridized carbons (Fsp3) is 1.00. The van der Waals surface area contributed by atoms with Gasteiger partial charge in [-0.3, -0.25) is 0 Å². The molecule has 0 saturated heterocycles. The first-order valence-electron chi connectivity index (χ1n) is 4.91. The second-order valence-electron chi connectivity index (χ2n) is 4.23. The minimum atomic E-state index is 0.500. The van der Waals surface area contributed by atoms with E-state index in [1.165, 1.54) is 25.8 Å². The fourth-order valence-corrected chi connectivity index (χ4v) is 2.01. The number of rotatable bonds is 5. The van der Waals surface area contributed by atoms with Crippen molar-refractivity contribution in [1.29, 1.82) is 0 Å². The summed E-state index contributed by atoms with van der Waals surface area (Å²) in [4.78, 5) is 2.28. The van der Waals surface area contributed by atoms with Crippen LogP contribution in [-0.2, 0) is 4.74 Å². The van der Waals surface area contributed by atoms with Gasteiger partial charge in [0.25, 0.3) is 0 Å². The predicted molar refractivity (Wildman–Crippen MR) is 51.3 cm³/mol. The van der Waals surface area contributed by atoms with E-state index in [2.05, 4.69) is 25.9 Å². The third-order valence-electron chi connectivity index (χ3n) is 2.68. The normalized spacial score (nSPS) is 21.0. The van der Waals surface area contributed by atoms with Crippen LogP contribution in [0.4, 0.5) is 0 Å². The van der Waals surface area contributed by atoms with Gasteiger partial charge in [0.05, 0.1) is 6.61 Å². The minimum absolute atomic E-state index is 0.500. The van der Waals surface area contributed by atoms with Gasteiger partial charge >= 0.3 is 0 Å². The van der Waals surface area contributed by atoms with Crippen molar-refractivity contribution in [3.63, 3.8) is 0 Å². The van der Waals surface area contributed by atoms with E-state index in [0.717, 1.165) is 13.2 Å². The van der Waals surface area contributed by atoms with Gasteiger partial charge in [-0.2, -0.15) is 0 Å². The minimum Gasteiger partial charge on any atom is -0.381 e. The van der Waals surface area contributed by atoms with Crippen LogP contribution in [0.1, 0.15) is 26.2 Å². The Morgan fingerprint density at radius 2 is 2.00 bits per heavy atom. The zero-order chi connectivity index (χ0) is 9.03. The molecular weight excluding hydrogens is 150 g/mol. The molecule has 1 aliphatic carbocycles. The Bertz CT molecular complexity index is 130. The van der Waals surface area contributed by atoms with E-state index in [1.54, 1.807) is 0 Å². The molecule has 12 heavy (non-hydrogen) atoms. The third-order valence-corrected chi connectivity index (χ3v) is 2.68. The lowest BCUT2D eigenvalue weighted by molar-refractivity contribution is -0.0174. The van der Waals surface area contributed by atoms with Gasteiger partial charge in [-0.15, -0.1) is 0 Å². The lowest BCUT2D eigenvalue weighted by Gasteiger charge is -2.43. The molecule has 2 nitrogen and oxygen atoms in total. The molecule has 0 unspecified atom stereocenters. The predicted octanol–water partition coefficient (Wildman–Crippen LogP) is 1.75. The number of hydrogen-bond acceptors (Lipinski definition) is 2. The first-order valence-corrected chi connectivity index (χ1v) is 4.91. The molecule has 1 rings (SSSR count). The van der Waals surface area contributed by atoms with Crippen molar-refractivity contribution in [2.75, 3.05) is 33.9 Å². The molecule has 1 saturated carbocycles. The van der Waals surface area contributed by atoms with Crippen LogP contribution in [0.3, 0.4) is 0 Å². The molecule has 0 radical (unpaired) electrons. The standard InChI is InChI=1S/C10H21NO/c1-4-12-9-10(6-5-7-10)8-11(2)3/h4-9H2,1-3H3. The number of ether oxygens (including phenoxy) is 1. The van der Waals surface area contributed by atoms with E-state index in [0.29, 0.717) is 5.41 Å². The van der Waals surface area contributed by atoms with Gasteiger partial charge < -0.3 is 9.64 Å². The first kappa shape index (κ1) is 10.0. The molecule has 2 heteroatoms. The molecule has 0 aromatic heterocycles. The summed E-state index contributed by atoms with van der Waals surface area (Å²) >= 11 is 0. The molecular formula is C10H21NO. The molecule has 0 atom stereocenters. The monoisotopic (exact) mass is 171 g/mol. The van der Waals surface area contributed by atoms with Gasteiger partial charge in [0.15, 0.2) is 0 Å². The Balaban J connectivity index is 2.29. The summed E-state index contributed by atoms with van der Waals surface area (Å²) in [6.07, 6.45) is 4.09. The molecule has 0 aromatic rings. The Hall–Kier alpha value is -0.0800. The van der Waals surface area contributed by atoms with E-state index in [4.69, 9.17) is 4.74 Å². The Kier molecular flexibility index (Phi) is 3.53. The molecule has 0 aliphatic heterocycles. The van der Waals surface area contributed by atoms with Crippen molar-refractivity contribution in [2.45, 2.75) is 26.2 Å². The van der Waals surface area contributed by atoms with E-state index in [1.807, 2.05) is 0 Å². The quantitative estimate of drug-likeness (QED) is 0.625. The summed E-state index contributed by atoms with van der Waals surface area (Å²) in [5.41, 5.74) is 0.500. The van der Waals surface area contributed by atoms with E-state index in [9.17, 15) is 0 Å². The average molecular weight is 171 g/mol. The smallest absolute Gasteiger partial charge is 0.0534 e. The molecule has 0 heterocycles. The van der Waals surface area contributed by atoms with Crippen molar-refractivity contribution in [1.82, 2.24) is 4.90 Å². The summed E-state index contributed by atoms with van der Waals surface area (Å²) in [7, 11) is 4.29. The molecule has 0 amide bonds. The van der Waals surface area contributed by atoms with Crippen LogP contribution in [0, 0.1) is 5.41 Å². The summed E-state index contributed by atoms with van der Waals surface area (Å²) in [5, 5.41) is 0.